The molecule has 6 nitrogen and oxygen atoms in total. The van der Waals surface area contributed by atoms with Gasteiger partial charge in [-0.1, -0.05) is 43.9 Å². The predicted octanol–water partition coefficient (Wildman–Crippen LogP) is 5.87. The third kappa shape index (κ3) is 6.21. The summed E-state index contributed by atoms with van der Waals surface area (Å²) in [5, 5.41) is 2.70. The number of benzene rings is 3. The standard InChI is InChI=1S/C26H27FN2O4S/c27-24-17-12-19(18-25(24)34(31,32)29-21-8-4-1-2-5-9-21)26(30)28-20-13-15-23(16-14-20)33-22-10-6-3-7-11-22/h3,6-7,10-18,21,29H,1-2,4-5,8-9H2,(H,28,30). The number of hydrogen-bond acceptors (Lipinski definition) is 4. The number of nitrogens with one attached hydrogen (secondary N) is 2. The Morgan fingerprint density at radius 1 is 0.853 bits per heavy atom. The second-order valence-electron chi connectivity index (χ2n) is 8.35. The van der Waals surface area contributed by atoms with Crippen molar-refractivity contribution in [1.29, 1.82) is 0 Å². The van der Waals surface area contributed by atoms with Crippen molar-refractivity contribution in [3.63, 3.8) is 0 Å². The zero-order valence-corrected chi connectivity index (χ0v) is 19.5. The maximum atomic E-state index is 14.4. The molecule has 4 rings (SSSR count). The van der Waals surface area contributed by atoms with E-state index in [1.807, 2.05) is 30.3 Å². The van der Waals surface area contributed by atoms with Gasteiger partial charge in [-0.2, -0.15) is 0 Å². The van der Waals surface area contributed by atoms with Gasteiger partial charge in [-0.3, -0.25) is 4.79 Å². The third-order valence-corrected chi connectivity index (χ3v) is 7.29. The molecule has 8 heteroatoms. The summed E-state index contributed by atoms with van der Waals surface area (Å²) in [6.07, 6.45) is 5.47. The number of anilines is 1. The van der Waals surface area contributed by atoms with Gasteiger partial charge in [-0.15, -0.1) is 0 Å². The molecule has 3 aromatic carbocycles. The van der Waals surface area contributed by atoms with E-state index in [2.05, 4.69) is 10.0 Å². The van der Waals surface area contributed by atoms with Crippen LogP contribution in [0.3, 0.4) is 0 Å². The van der Waals surface area contributed by atoms with Gasteiger partial charge in [0.25, 0.3) is 5.91 Å². The number of carbonyl (C=O) groups is 1. The Bertz CT molecular complexity index is 1220. The van der Waals surface area contributed by atoms with E-state index in [0.29, 0.717) is 17.2 Å². The van der Waals surface area contributed by atoms with Crippen molar-refractivity contribution in [2.75, 3.05) is 5.32 Å². The number of amides is 1. The molecule has 3 aromatic rings. The molecule has 0 saturated heterocycles. The number of hydrogen-bond donors (Lipinski definition) is 2. The van der Waals surface area contributed by atoms with Gasteiger partial charge in [0.15, 0.2) is 0 Å². The van der Waals surface area contributed by atoms with E-state index in [0.717, 1.165) is 50.7 Å². The number of halogens is 1. The van der Waals surface area contributed by atoms with Crippen LogP contribution in [0.1, 0.15) is 48.9 Å². The van der Waals surface area contributed by atoms with Crippen molar-refractivity contribution in [2.45, 2.75) is 49.5 Å². The lowest BCUT2D eigenvalue weighted by atomic mass is 10.1. The molecule has 0 spiro atoms. The highest BCUT2D eigenvalue weighted by atomic mass is 32.2. The largest absolute Gasteiger partial charge is 0.457 e. The van der Waals surface area contributed by atoms with E-state index in [9.17, 15) is 17.6 Å². The number of para-hydroxylation sites is 1. The summed E-state index contributed by atoms with van der Waals surface area (Å²) in [5.74, 6) is -0.136. The molecule has 178 valence electrons. The second kappa shape index (κ2) is 10.8. The topological polar surface area (TPSA) is 84.5 Å². The Morgan fingerprint density at radius 3 is 2.18 bits per heavy atom. The fourth-order valence-corrected chi connectivity index (χ4v) is 5.37. The average Bonchev–Trinajstić information content (AvgIpc) is 3.09. The Morgan fingerprint density at radius 2 is 1.50 bits per heavy atom. The molecule has 2 N–H and O–H groups in total. The summed E-state index contributed by atoms with van der Waals surface area (Å²) in [5.41, 5.74) is 0.544. The highest BCUT2D eigenvalue weighted by molar-refractivity contribution is 7.89. The molecule has 1 aliphatic carbocycles. The van der Waals surface area contributed by atoms with Gasteiger partial charge in [-0.25, -0.2) is 17.5 Å². The van der Waals surface area contributed by atoms with Crippen LogP contribution in [0.15, 0.2) is 77.7 Å². The van der Waals surface area contributed by atoms with Crippen molar-refractivity contribution in [3.05, 3.63) is 84.2 Å². The van der Waals surface area contributed by atoms with Gasteiger partial charge in [0.2, 0.25) is 10.0 Å². The third-order valence-electron chi connectivity index (χ3n) is 5.75. The van der Waals surface area contributed by atoms with Crippen LogP contribution in [0, 0.1) is 5.82 Å². The van der Waals surface area contributed by atoms with E-state index >= 15 is 0 Å². The molecule has 0 aromatic heterocycles. The smallest absolute Gasteiger partial charge is 0.255 e. The first-order valence-corrected chi connectivity index (χ1v) is 12.9. The van der Waals surface area contributed by atoms with Gasteiger partial charge < -0.3 is 10.1 Å². The summed E-state index contributed by atoms with van der Waals surface area (Å²) in [6.45, 7) is 0. The molecule has 0 unspecified atom stereocenters. The van der Waals surface area contributed by atoms with Crippen molar-refractivity contribution >= 4 is 21.6 Å². The Hall–Kier alpha value is -3.23. The SMILES string of the molecule is O=C(Nc1ccc(Oc2ccccc2)cc1)c1ccc(F)c(S(=O)(=O)NC2CCCCCC2)c1. The maximum Gasteiger partial charge on any atom is 0.255 e. The minimum Gasteiger partial charge on any atom is -0.457 e. The first-order valence-electron chi connectivity index (χ1n) is 11.4. The van der Waals surface area contributed by atoms with Gasteiger partial charge in [0, 0.05) is 17.3 Å². The highest BCUT2D eigenvalue weighted by Crippen LogP contribution is 2.24. The second-order valence-corrected chi connectivity index (χ2v) is 10.0. The molecule has 0 aliphatic heterocycles. The molecule has 0 heterocycles. The van der Waals surface area contributed by atoms with Crippen LogP contribution in [0.4, 0.5) is 10.1 Å². The summed E-state index contributed by atoms with van der Waals surface area (Å²) >= 11 is 0. The number of sulfonamides is 1. The fraction of sp³-hybridized carbons (Fsp3) is 0.269. The molecule has 1 aliphatic rings. The van der Waals surface area contributed by atoms with Gasteiger partial charge in [-0.05, 0) is 67.4 Å². The fourth-order valence-electron chi connectivity index (χ4n) is 3.96. The Balaban J connectivity index is 1.45. The van der Waals surface area contributed by atoms with Crippen LogP contribution in [-0.4, -0.2) is 20.4 Å². The minimum atomic E-state index is -4.09. The molecule has 0 radical (unpaired) electrons. The number of ether oxygens (including phenoxy) is 1. The van der Waals surface area contributed by atoms with E-state index < -0.39 is 26.6 Å². The van der Waals surface area contributed by atoms with Gasteiger partial charge >= 0.3 is 0 Å². The zero-order chi connectivity index (χ0) is 24.0. The van der Waals surface area contributed by atoms with Crippen molar-refractivity contribution < 1.29 is 22.3 Å². The van der Waals surface area contributed by atoms with E-state index in [1.54, 1.807) is 24.3 Å². The molecular formula is C26H27FN2O4S. The molecule has 0 bridgehead atoms. The van der Waals surface area contributed by atoms with Crippen LogP contribution in [0.2, 0.25) is 0 Å². The quantitative estimate of drug-likeness (QED) is 0.413. The van der Waals surface area contributed by atoms with Crippen LogP contribution in [0.25, 0.3) is 0 Å². The van der Waals surface area contributed by atoms with Crippen LogP contribution in [-0.2, 0) is 10.0 Å². The summed E-state index contributed by atoms with van der Waals surface area (Å²) in [7, 11) is -4.09. The van der Waals surface area contributed by atoms with Gasteiger partial charge in [0.05, 0.1) is 0 Å². The first-order chi connectivity index (χ1) is 16.4. The van der Waals surface area contributed by atoms with Crippen molar-refractivity contribution in [3.8, 4) is 11.5 Å². The molecular weight excluding hydrogens is 455 g/mol. The highest BCUT2D eigenvalue weighted by Gasteiger charge is 2.25. The average molecular weight is 483 g/mol. The monoisotopic (exact) mass is 482 g/mol. The summed E-state index contributed by atoms with van der Waals surface area (Å²) in [4.78, 5) is 12.2. The normalized spacial score (nSPS) is 14.9. The van der Waals surface area contributed by atoms with Crippen LogP contribution in [0.5, 0.6) is 11.5 Å². The molecule has 0 atom stereocenters. The van der Waals surface area contributed by atoms with Crippen LogP contribution < -0.4 is 14.8 Å². The van der Waals surface area contributed by atoms with Crippen molar-refractivity contribution in [2.24, 2.45) is 0 Å². The first kappa shape index (κ1) is 23.9. The minimum absolute atomic E-state index is 0.0484. The van der Waals surface area contributed by atoms with Gasteiger partial charge in [0.1, 0.15) is 22.2 Å². The lowest BCUT2D eigenvalue weighted by Gasteiger charge is -2.17. The van der Waals surface area contributed by atoms with E-state index in [1.165, 1.54) is 6.07 Å². The molecule has 1 fully saturated rings. The maximum absolute atomic E-state index is 14.4. The van der Waals surface area contributed by atoms with Crippen molar-refractivity contribution in [1.82, 2.24) is 4.72 Å². The van der Waals surface area contributed by atoms with E-state index in [-0.39, 0.29) is 11.6 Å². The lowest BCUT2D eigenvalue weighted by molar-refractivity contribution is 0.102. The summed E-state index contributed by atoms with van der Waals surface area (Å²) in [6, 6.07) is 19.2. The number of rotatable bonds is 7. The Kier molecular flexibility index (Phi) is 7.59. The number of carbonyl (C=O) groups excluding carboxylic acids is 1. The lowest BCUT2D eigenvalue weighted by Crippen LogP contribution is -2.35. The molecule has 1 saturated carbocycles. The molecule has 1 amide bonds. The Labute approximate surface area is 199 Å². The molecule has 34 heavy (non-hydrogen) atoms. The summed E-state index contributed by atoms with van der Waals surface area (Å²) < 4.78 is 48.5. The zero-order valence-electron chi connectivity index (χ0n) is 18.7. The predicted molar refractivity (Wildman–Crippen MR) is 129 cm³/mol. The van der Waals surface area contributed by atoms with E-state index in [4.69, 9.17) is 4.74 Å². The van der Waals surface area contributed by atoms with Crippen LogP contribution >= 0.6 is 0 Å².